The number of ether oxygens (including phenoxy) is 1. The van der Waals surface area contributed by atoms with Crippen LogP contribution in [-0.2, 0) is 4.79 Å². The molecule has 0 radical (unpaired) electrons. The minimum absolute atomic E-state index is 0.0527. The van der Waals surface area contributed by atoms with Gasteiger partial charge in [-0.2, -0.15) is 0 Å². The third-order valence-corrected chi connectivity index (χ3v) is 3.79. The Kier molecular flexibility index (Phi) is 4.82. The maximum atomic E-state index is 12.3. The molecule has 1 aromatic carbocycles. The quantitative estimate of drug-likeness (QED) is 0.924. The molecule has 0 saturated carbocycles. The summed E-state index contributed by atoms with van der Waals surface area (Å²) in [6.45, 7) is 6.29. The fraction of sp³-hybridized carbons (Fsp3) is 0.500. The van der Waals surface area contributed by atoms with Crippen LogP contribution in [0.2, 0.25) is 0 Å². The minimum atomic E-state index is -0.457. The van der Waals surface area contributed by atoms with E-state index in [4.69, 9.17) is 4.74 Å². The van der Waals surface area contributed by atoms with E-state index in [2.05, 4.69) is 28.2 Å². The molecule has 0 aliphatic carbocycles. The van der Waals surface area contributed by atoms with Gasteiger partial charge in [-0.15, -0.1) is 0 Å². The number of piperazine rings is 1. The number of amides is 1. The zero-order valence-electron chi connectivity index (χ0n) is 11.2. The number of halogens is 1. The predicted octanol–water partition coefficient (Wildman–Crippen LogP) is 2.04. The maximum Gasteiger partial charge on any atom is 0.263 e. The lowest BCUT2D eigenvalue weighted by atomic mass is 10.2. The van der Waals surface area contributed by atoms with E-state index in [0.717, 1.165) is 24.1 Å². The fourth-order valence-electron chi connectivity index (χ4n) is 2.17. The number of hydrogen-bond acceptors (Lipinski definition) is 3. The van der Waals surface area contributed by atoms with Crippen LogP contribution in [0.5, 0.6) is 5.75 Å². The Morgan fingerprint density at radius 3 is 2.79 bits per heavy atom. The maximum absolute atomic E-state index is 12.3. The molecule has 1 aromatic rings. The zero-order chi connectivity index (χ0) is 13.8. The second-order valence-corrected chi connectivity index (χ2v) is 5.71. The van der Waals surface area contributed by atoms with Crippen LogP contribution in [0.4, 0.5) is 0 Å². The van der Waals surface area contributed by atoms with Crippen LogP contribution in [0.3, 0.4) is 0 Å². The molecule has 1 amide bonds. The van der Waals surface area contributed by atoms with E-state index in [1.807, 2.05) is 29.2 Å². The van der Waals surface area contributed by atoms with Gasteiger partial charge in [-0.05, 0) is 38.1 Å². The molecule has 0 aromatic heterocycles. The number of carbonyl (C=O) groups excluding carboxylic acids is 1. The molecule has 2 atom stereocenters. The molecule has 1 saturated heterocycles. The second kappa shape index (κ2) is 6.39. The summed E-state index contributed by atoms with van der Waals surface area (Å²) in [5.74, 6) is 0.767. The van der Waals surface area contributed by atoms with Gasteiger partial charge < -0.3 is 15.0 Å². The van der Waals surface area contributed by atoms with Crippen LogP contribution < -0.4 is 10.1 Å². The molecule has 0 spiro atoms. The van der Waals surface area contributed by atoms with E-state index in [0.29, 0.717) is 5.75 Å². The largest absolute Gasteiger partial charge is 0.481 e. The molecule has 1 fully saturated rings. The van der Waals surface area contributed by atoms with Gasteiger partial charge in [-0.3, -0.25) is 4.79 Å². The monoisotopic (exact) mass is 326 g/mol. The predicted molar refractivity (Wildman–Crippen MR) is 78.3 cm³/mol. The van der Waals surface area contributed by atoms with Crippen molar-refractivity contribution in [2.45, 2.75) is 26.0 Å². The lowest BCUT2D eigenvalue weighted by molar-refractivity contribution is -0.140. The Labute approximate surface area is 122 Å². The molecular formula is C14H19BrN2O2. The first-order chi connectivity index (χ1) is 9.08. The average Bonchev–Trinajstić information content (AvgIpc) is 2.41. The van der Waals surface area contributed by atoms with Crippen molar-refractivity contribution in [1.82, 2.24) is 10.2 Å². The Hall–Kier alpha value is -1.07. The summed E-state index contributed by atoms with van der Waals surface area (Å²) in [6, 6.07) is 7.74. The first kappa shape index (κ1) is 14.3. The van der Waals surface area contributed by atoms with Crippen LogP contribution in [-0.4, -0.2) is 42.6 Å². The van der Waals surface area contributed by atoms with Crippen molar-refractivity contribution in [3.05, 3.63) is 28.7 Å². The van der Waals surface area contributed by atoms with Gasteiger partial charge in [-0.1, -0.05) is 15.9 Å². The Morgan fingerprint density at radius 2 is 2.16 bits per heavy atom. The van der Waals surface area contributed by atoms with Crippen LogP contribution in [0.25, 0.3) is 0 Å². The van der Waals surface area contributed by atoms with E-state index in [9.17, 15) is 4.79 Å². The molecule has 1 unspecified atom stereocenters. The van der Waals surface area contributed by atoms with Gasteiger partial charge in [0.15, 0.2) is 6.10 Å². The second-order valence-electron chi connectivity index (χ2n) is 4.80. The summed E-state index contributed by atoms with van der Waals surface area (Å²) < 4.78 is 6.70. The van der Waals surface area contributed by atoms with Crippen LogP contribution in [0, 0.1) is 0 Å². The number of carbonyl (C=O) groups is 1. The van der Waals surface area contributed by atoms with Crippen molar-refractivity contribution in [2.24, 2.45) is 0 Å². The number of nitrogens with one attached hydrogen (secondary N) is 1. The lowest BCUT2D eigenvalue weighted by Crippen LogP contribution is -2.55. The average molecular weight is 327 g/mol. The molecular weight excluding hydrogens is 308 g/mol. The normalized spacial score (nSPS) is 21.0. The van der Waals surface area contributed by atoms with Gasteiger partial charge in [0, 0.05) is 30.1 Å². The van der Waals surface area contributed by atoms with Crippen molar-refractivity contribution in [2.75, 3.05) is 19.6 Å². The molecule has 1 aliphatic rings. The summed E-state index contributed by atoms with van der Waals surface area (Å²) in [5.41, 5.74) is 0. The van der Waals surface area contributed by atoms with Gasteiger partial charge in [0.25, 0.3) is 5.91 Å². The van der Waals surface area contributed by atoms with Crippen molar-refractivity contribution in [1.29, 1.82) is 0 Å². The highest BCUT2D eigenvalue weighted by Crippen LogP contribution is 2.18. The van der Waals surface area contributed by atoms with E-state index in [1.54, 1.807) is 6.92 Å². The van der Waals surface area contributed by atoms with Crippen LogP contribution in [0.15, 0.2) is 28.7 Å². The zero-order valence-corrected chi connectivity index (χ0v) is 12.8. The van der Waals surface area contributed by atoms with Gasteiger partial charge >= 0.3 is 0 Å². The van der Waals surface area contributed by atoms with Gasteiger partial charge in [0.1, 0.15) is 5.75 Å². The molecule has 1 aliphatic heterocycles. The van der Waals surface area contributed by atoms with Crippen LogP contribution >= 0.6 is 15.9 Å². The third-order valence-electron chi connectivity index (χ3n) is 3.26. The van der Waals surface area contributed by atoms with E-state index in [1.165, 1.54) is 0 Å². The Balaban J connectivity index is 1.96. The summed E-state index contributed by atoms with van der Waals surface area (Å²) in [7, 11) is 0. The molecule has 1 N–H and O–H groups in total. The van der Waals surface area contributed by atoms with Gasteiger partial charge in [0.2, 0.25) is 0 Å². The summed E-state index contributed by atoms with van der Waals surface area (Å²) >= 11 is 3.37. The highest BCUT2D eigenvalue weighted by molar-refractivity contribution is 9.10. The van der Waals surface area contributed by atoms with Crippen molar-refractivity contribution in [3.63, 3.8) is 0 Å². The van der Waals surface area contributed by atoms with Gasteiger partial charge in [0.05, 0.1) is 0 Å². The highest BCUT2D eigenvalue weighted by Gasteiger charge is 2.27. The van der Waals surface area contributed by atoms with Crippen molar-refractivity contribution < 1.29 is 9.53 Å². The molecule has 4 nitrogen and oxygen atoms in total. The first-order valence-corrected chi connectivity index (χ1v) is 7.30. The minimum Gasteiger partial charge on any atom is -0.481 e. The number of benzene rings is 1. The number of nitrogens with zero attached hydrogens (tertiary/aromatic N) is 1. The molecule has 0 bridgehead atoms. The standard InChI is InChI=1S/C14H19BrN2O2/c1-10-9-16-7-8-17(10)14(18)11(2)19-13-5-3-12(15)4-6-13/h3-6,10-11,16H,7-9H2,1-2H3/t10-,11?/m1/s1. The molecule has 5 heteroatoms. The van der Waals surface area contributed by atoms with Crippen molar-refractivity contribution >= 4 is 21.8 Å². The third kappa shape index (κ3) is 3.70. The molecule has 19 heavy (non-hydrogen) atoms. The lowest BCUT2D eigenvalue weighted by Gasteiger charge is -2.35. The Morgan fingerprint density at radius 1 is 1.47 bits per heavy atom. The smallest absolute Gasteiger partial charge is 0.263 e. The number of hydrogen-bond donors (Lipinski definition) is 1. The van der Waals surface area contributed by atoms with Gasteiger partial charge in [-0.25, -0.2) is 0 Å². The van der Waals surface area contributed by atoms with E-state index >= 15 is 0 Å². The summed E-state index contributed by atoms with van der Waals surface area (Å²) in [5, 5.41) is 3.27. The molecule has 104 valence electrons. The molecule has 2 rings (SSSR count). The van der Waals surface area contributed by atoms with E-state index in [-0.39, 0.29) is 11.9 Å². The molecule has 1 heterocycles. The Bertz CT molecular complexity index is 436. The topological polar surface area (TPSA) is 41.6 Å². The first-order valence-electron chi connectivity index (χ1n) is 6.51. The fourth-order valence-corrected chi connectivity index (χ4v) is 2.43. The van der Waals surface area contributed by atoms with Crippen molar-refractivity contribution in [3.8, 4) is 5.75 Å². The van der Waals surface area contributed by atoms with Crippen LogP contribution in [0.1, 0.15) is 13.8 Å². The highest BCUT2D eigenvalue weighted by atomic mass is 79.9. The SMILES string of the molecule is CC(Oc1ccc(Br)cc1)C(=O)N1CCNC[C@H]1C. The van der Waals surface area contributed by atoms with E-state index < -0.39 is 6.10 Å². The summed E-state index contributed by atoms with van der Waals surface area (Å²) in [6.07, 6.45) is -0.457. The number of rotatable bonds is 3. The summed E-state index contributed by atoms with van der Waals surface area (Å²) in [4.78, 5) is 14.2.